The molecule has 0 aliphatic carbocycles. The van der Waals surface area contributed by atoms with Gasteiger partial charge in [0.2, 0.25) is 0 Å². The lowest BCUT2D eigenvalue weighted by Gasteiger charge is -2.14. The zero-order chi connectivity index (χ0) is 20.4. The van der Waals surface area contributed by atoms with Gasteiger partial charge < -0.3 is 4.74 Å². The number of para-hydroxylation sites is 1. The molecule has 1 aromatic heterocycles. The van der Waals surface area contributed by atoms with Gasteiger partial charge >= 0.3 is 0 Å². The molecule has 7 heteroatoms. The first-order valence-corrected chi connectivity index (χ1v) is 9.78. The standard InChI is InChI=1S/C22H16F2N2O2S/c1-28-17-9-7-16(8-10-17)26-21(27)18-4-2-3-5-20(18)25-22(26)29-13-14-12-15(23)6-11-19(14)24/h2-12H,13H2,1H3. The average molecular weight is 410 g/mol. The SMILES string of the molecule is COc1ccc(-n2c(SCc3cc(F)ccc3F)nc3ccccc3c2=O)cc1. The lowest BCUT2D eigenvalue weighted by Crippen LogP contribution is -2.21. The molecule has 146 valence electrons. The number of hydrogen-bond acceptors (Lipinski definition) is 4. The summed E-state index contributed by atoms with van der Waals surface area (Å²) in [5.74, 6) is -0.226. The molecule has 0 saturated carbocycles. The van der Waals surface area contributed by atoms with Crippen LogP contribution in [0.1, 0.15) is 5.56 Å². The minimum absolute atomic E-state index is 0.129. The Morgan fingerprint density at radius 1 is 1.03 bits per heavy atom. The molecular weight excluding hydrogens is 394 g/mol. The number of nitrogens with zero attached hydrogens (tertiary/aromatic N) is 2. The molecular formula is C22H16F2N2O2S. The Morgan fingerprint density at radius 3 is 2.55 bits per heavy atom. The molecule has 0 spiro atoms. The van der Waals surface area contributed by atoms with Crippen LogP contribution in [0, 0.1) is 11.6 Å². The summed E-state index contributed by atoms with van der Waals surface area (Å²) in [4.78, 5) is 17.8. The van der Waals surface area contributed by atoms with E-state index < -0.39 is 11.6 Å². The number of aromatic nitrogens is 2. The molecule has 0 unspecified atom stereocenters. The third-order valence-electron chi connectivity index (χ3n) is 4.44. The van der Waals surface area contributed by atoms with Gasteiger partial charge in [-0.25, -0.2) is 13.8 Å². The van der Waals surface area contributed by atoms with Gasteiger partial charge in [0.1, 0.15) is 17.4 Å². The fourth-order valence-corrected chi connectivity index (χ4v) is 3.95. The van der Waals surface area contributed by atoms with Crippen LogP contribution in [-0.2, 0) is 5.75 Å². The molecule has 0 aliphatic heterocycles. The van der Waals surface area contributed by atoms with Gasteiger partial charge in [-0.2, -0.15) is 0 Å². The Bertz CT molecular complexity index is 1240. The van der Waals surface area contributed by atoms with E-state index in [9.17, 15) is 13.6 Å². The first-order valence-electron chi connectivity index (χ1n) is 8.80. The highest BCUT2D eigenvalue weighted by molar-refractivity contribution is 7.98. The number of hydrogen-bond donors (Lipinski definition) is 0. The monoisotopic (exact) mass is 410 g/mol. The van der Waals surface area contributed by atoms with E-state index in [1.807, 2.05) is 0 Å². The Kier molecular flexibility index (Phi) is 5.31. The van der Waals surface area contributed by atoms with Crippen molar-refractivity contribution in [2.45, 2.75) is 10.9 Å². The molecule has 0 saturated heterocycles. The Balaban J connectivity index is 1.82. The summed E-state index contributed by atoms with van der Waals surface area (Å²) in [5, 5.41) is 0.868. The predicted molar refractivity (Wildman–Crippen MR) is 110 cm³/mol. The number of halogens is 2. The fraction of sp³-hybridized carbons (Fsp3) is 0.0909. The van der Waals surface area contributed by atoms with Crippen LogP contribution in [0.4, 0.5) is 8.78 Å². The van der Waals surface area contributed by atoms with Crippen molar-refractivity contribution in [1.82, 2.24) is 9.55 Å². The van der Waals surface area contributed by atoms with Crippen LogP contribution in [-0.4, -0.2) is 16.7 Å². The minimum Gasteiger partial charge on any atom is -0.497 e. The van der Waals surface area contributed by atoms with Crippen molar-refractivity contribution in [2.75, 3.05) is 7.11 Å². The number of fused-ring (bicyclic) bond motifs is 1. The minimum atomic E-state index is -0.513. The van der Waals surface area contributed by atoms with Crippen LogP contribution in [0.25, 0.3) is 16.6 Å². The Hall–Kier alpha value is -3.19. The molecule has 4 aromatic rings. The average Bonchev–Trinajstić information content (AvgIpc) is 2.75. The van der Waals surface area contributed by atoms with Crippen LogP contribution >= 0.6 is 11.8 Å². The maximum absolute atomic E-state index is 14.0. The zero-order valence-electron chi connectivity index (χ0n) is 15.4. The first-order chi connectivity index (χ1) is 14.1. The van der Waals surface area contributed by atoms with Crippen LogP contribution in [0.15, 0.2) is 76.7 Å². The molecule has 0 radical (unpaired) electrons. The maximum atomic E-state index is 14.0. The Morgan fingerprint density at radius 2 is 1.79 bits per heavy atom. The van der Waals surface area contributed by atoms with E-state index in [4.69, 9.17) is 4.74 Å². The highest BCUT2D eigenvalue weighted by Gasteiger charge is 2.15. The van der Waals surface area contributed by atoms with Gasteiger partial charge in [0, 0.05) is 11.3 Å². The van der Waals surface area contributed by atoms with Crippen molar-refractivity contribution in [2.24, 2.45) is 0 Å². The van der Waals surface area contributed by atoms with E-state index in [0.29, 0.717) is 27.5 Å². The van der Waals surface area contributed by atoms with Crippen molar-refractivity contribution < 1.29 is 13.5 Å². The van der Waals surface area contributed by atoms with Gasteiger partial charge in [0.15, 0.2) is 5.16 Å². The van der Waals surface area contributed by atoms with Gasteiger partial charge in [-0.05, 0) is 54.6 Å². The van der Waals surface area contributed by atoms with E-state index in [2.05, 4.69) is 4.98 Å². The molecule has 3 aromatic carbocycles. The summed E-state index contributed by atoms with van der Waals surface area (Å²) in [6, 6.07) is 17.4. The summed E-state index contributed by atoms with van der Waals surface area (Å²) < 4.78 is 34.2. The normalized spacial score (nSPS) is 11.0. The fourth-order valence-electron chi connectivity index (χ4n) is 2.96. The van der Waals surface area contributed by atoms with Crippen LogP contribution < -0.4 is 10.3 Å². The summed E-state index contributed by atoms with van der Waals surface area (Å²) in [5.41, 5.74) is 1.13. The van der Waals surface area contributed by atoms with Crippen LogP contribution in [0.2, 0.25) is 0 Å². The molecule has 4 rings (SSSR count). The van der Waals surface area contributed by atoms with Gasteiger partial charge in [0.05, 0.1) is 23.7 Å². The van der Waals surface area contributed by atoms with E-state index >= 15 is 0 Å². The molecule has 0 amide bonds. The maximum Gasteiger partial charge on any atom is 0.266 e. The summed E-state index contributed by atoms with van der Waals surface area (Å²) in [6.45, 7) is 0. The van der Waals surface area contributed by atoms with Gasteiger partial charge in [0.25, 0.3) is 5.56 Å². The van der Waals surface area contributed by atoms with E-state index in [1.54, 1.807) is 55.6 Å². The molecule has 0 fully saturated rings. The molecule has 0 N–H and O–H groups in total. The number of ether oxygens (including phenoxy) is 1. The lowest BCUT2D eigenvalue weighted by atomic mass is 10.2. The third kappa shape index (κ3) is 3.86. The lowest BCUT2D eigenvalue weighted by molar-refractivity contribution is 0.414. The second-order valence-corrected chi connectivity index (χ2v) is 7.22. The van der Waals surface area contributed by atoms with E-state index in [0.717, 1.165) is 18.2 Å². The van der Waals surface area contributed by atoms with Crippen molar-refractivity contribution in [3.63, 3.8) is 0 Å². The second kappa shape index (κ2) is 8.05. The predicted octanol–water partition coefficient (Wildman–Crippen LogP) is 4.96. The smallest absolute Gasteiger partial charge is 0.266 e. The van der Waals surface area contributed by atoms with Crippen LogP contribution in [0.5, 0.6) is 5.75 Å². The number of benzene rings is 3. The van der Waals surface area contributed by atoms with Gasteiger partial charge in [-0.1, -0.05) is 23.9 Å². The van der Waals surface area contributed by atoms with Crippen molar-refractivity contribution in [1.29, 1.82) is 0 Å². The first kappa shape index (κ1) is 19.1. The molecule has 0 atom stereocenters. The molecule has 0 aliphatic rings. The van der Waals surface area contributed by atoms with Gasteiger partial charge in [-0.3, -0.25) is 9.36 Å². The quantitative estimate of drug-likeness (QED) is 0.344. The third-order valence-corrected chi connectivity index (χ3v) is 5.43. The molecule has 1 heterocycles. The molecule has 29 heavy (non-hydrogen) atoms. The van der Waals surface area contributed by atoms with E-state index in [-0.39, 0.29) is 16.9 Å². The van der Waals surface area contributed by atoms with E-state index in [1.165, 1.54) is 16.3 Å². The number of methoxy groups -OCH3 is 1. The largest absolute Gasteiger partial charge is 0.497 e. The summed E-state index contributed by atoms with van der Waals surface area (Å²) >= 11 is 1.17. The van der Waals surface area contributed by atoms with Crippen molar-refractivity contribution in [3.8, 4) is 11.4 Å². The highest BCUT2D eigenvalue weighted by atomic mass is 32.2. The molecule has 0 bridgehead atoms. The highest BCUT2D eigenvalue weighted by Crippen LogP contribution is 2.26. The zero-order valence-corrected chi connectivity index (χ0v) is 16.2. The Labute approximate surface area is 169 Å². The summed E-state index contributed by atoms with van der Waals surface area (Å²) in [6.07, 6.45) is 0. The van der Waals surface area contributed by atoms with Gasteiger partial charge in [-0.15, -0.1) is 0 Å². The molecule has 4 nitrogen and oxygen atoms in total. The number of thioether (sulfide) groups is 1. The summed E-state index contributed by atoms with van der Waals surface area (Å²) in [7, 11) is 1.56. The van der Waals surface area contributed by atoms with Crippen molar-refractivity contribution >= 4 is 22.7 Å². The topological polar surface area (TPSA) is 44.1 Å². The van der Waals surface area contributed by atoms with Crippen molar-refractivity contribution in [3.05, 3.63) is 94.3 Å². The second-order valence-electron chi connectivity index (χ2n) is 6.27. The van der Waals surface area contributed by atoms with Crippen LogP contribution in [0.3, 0.4) is 0 Å². The number of rotatable bonds is 5.